The van der Waals surface area contributed by atoms with Crippen LogP contribution in [0.5, 0.6) is 17.2 Å². The van der Waals surface area contributed by atoms with E-state index < -0.39 is 6.03 Å². The topological polar surface area (TPSA) is 97.9 Å². The Balaban J connectivity index is 2.02. The highest BCUT2D eigenvalue weighted by Gasteiger charge is 2.14. The third-order valence-electron chi connectivity index (χ3n) is 3.88. The molecule has 0 saturated carbocycles. The average molecular weight is 397 g/mol. The predicted octanol–water partition coefficient (Wildman–Crippen LogP) is 2.25. The summed E-state index contributed by atoms with van der Waals surface area (Å²) >= 11 is 0. The Kier molecular flexibility index (Phi) is 7.74. The molecule has 0 aliphatic carbocycles. The van der Waals surface area contributed by atoms with E-state index in [1.807, 2.05) is 0 Å². The molecule has 0 unspecified atom stereocenters. The molecule has 8 nitrogen and oxygen atoms in total. The number of rotatable bonds is 6. The summed E-state index contributed by atoms with van der Waals surface area (Å²) in [6.45, 7) is 0.0956. The molecule has 0 spiro atoms. The lowest BCUT2D eigenvalue weighted by atomic mass is 10.1. The van der Waals surface area contributed by atoms with Crippen LogP contribution < -0.4 is 30.2 Å². The van der Waals surface area contributed by atoms with Gasteiger partial charge in [0.05, 0.1) is 39.1 Å². The maximum absolute atomic E-state index is 12.1. The maximum Gasteiger partial charge on any atom is 0.319 e. The third-order valence-corrected chi connectivity index (χ3v) is 3.88. The number of carbonyl (C=O) groups is 2. The smallest absolute Gasteiger partial charge is 0.319 e. The van der Waals surface area contributed by atoms with Gasteiger partial charge in [0.15, 0.2) is 11.5 Å². The highest BCUT2D eigenvalue weighted by molar-refractivity contribution is 5.96. The molecule has 0 aliphatic heterocycles. The second-order valence-corrected chi connectivity index (χ2v) is 5.65. The highest BCUT2D eigenvalue weighted by Crippen LogP contribution is 2.39. The van der Waals surface area contributed by atoms with Crippen LogP contribution in [0.1, 0.15) is 15.9 Å². The van der Waals surface area contributed by atoms with Crippen molar-refractivity contribution in [1.29, 1.82) is 0 Å². The van der Waals surface area contributed by atoms with Gasteiger partial charge in [0.2, 0.25) is 5.75 Å². The van der Waals surface area contributed by atoms with Gasteiger partial charge in [-0.3, -0.25) is 4.79 Å². The first kappa shape index (κ1) is 21.4. The molecule has 8 heteroatoms. The summed E-state index contributed by atoms with van der Waals surface area (Å²) in [5.41, 5.74) is 1.53. The van der Waals surface area contributed by atoms with E-state index in [0.29, 0.717) is 34.1 Å². The average Bonchev–Trinajstić information content (AvgIpc) is 2.75. The lowest BCUT2D eigenvalue weighted by molar-refractivity contribution is 0.0963. The Hall–Kier alpha value is -3.86. The molecule has 0 aromatic heterocycles. The molecule has 2 aromatic carbocycles. The Labute approximate surface area is 169 Å². The summed E-state index contributed by atoms with van der Waals surface area (Å²) in [6, 6.07) is 9.77. The van der Waals surface area contributed by atoms with Gasteiger partial charge in [-0.1, -0.05) is 24.0 Å². The number of hydrogen-bond donors (Lipinski definition) is 3. The lowest BCUT2D eigenvalue weighted by Crippen LogP contribution is -2.29. The second kappa shape index (κ2) is 10.5. The minimum absolute atomic E-state index is 0.0956. The maximum atomic E-state index is 12.1. The van der Waals surface area contributed by atoms with Gasteiger partial charge in [0.25, 0.3) is 5.91 Å². The Morgan fingerprint density at radius 3 is 2.24 bits per heavy atom. The lowest BCUT2D eigenvalue weighted by Gasteiger charge is -2.14. The van der Waals surface area contributed by atoms with E-state index in [2.05, 4.69) is 27.8 Å². The van der Waals surface area contributed by atoms with Crippen molar-refractivity contribution in [3.8, 4) is 29.1 Å². The summed E-state index contributed by atoms with van der Waals surface area (Å²) in [7, 11) is 6.05. The zero-order valence-corrected chi connectivity index (χ0v) is 16.7. The molecule has 0 heterocycles. The van der Waals surface area contributed by atoms with Crippen LogP contribution >= 0.6 is 0 Å². The summed E-state index contributed by atoms with van der Waals surface area (Å²) in [5, 5.41) is 7.88. The number of hydrogen-bond acceptors (Lipinski definition) is 5. The van der Waals surface area contributed by atoms with Gasteiger partial charge in [-0.2, -0.15) is 0 Å². The number of amides is 3. The Bertz CT molecular complexity index is 922. The van der Waals surface area contributed by atoms with Crippen LogP contribution in [-0.2, 0) is 0 Å². The summed E-state index contributed by atoms with van der Waals surface area (Å²) in [6.07, 6.45) is 0. The molecule has 2 aromatic rings. The minimum Gasteiger partial charge on any atom is -0.493 e. The molecule has 29 heavy (non-hydrogen) atoms. The molecule has 0 saturated heterocycles. The number of ether oxygens (including phenoxy) is 3. The zero-order valence-electron chi connectivity index (χ0n) is 16.7. The van der Waals surface area contributed by atoms with Crippen molar-refractivity contribution in [2.45, 2.75) is 0 Å². The largest absolute Gasteiger partial charge is 0.493 e. The number of urea groups is 1. The minimum atomic E-state index is -0.451. The molecular formula is C21H23N3O5. The second-order valence-electron chi connectivity index (χ2n) is 5.65. The quantitative estimate of drug-likeness (QED) is 0.650. The van der Waals surface area contributed by atoms with Crippen molar-refractivity contribution in [3.05, 3.63) is 47.5 Å². The fourth-order valence-corrected chi connectivity index (χ4v) is 2.52. The van der Waals surface area contributed by atoms with Gasteiger partial charge in [-0.25, -0.2) is 4.79 Å². The SMILES string of the molecule is CNC(=O)c1ccccc1C#CCNC(=O)Nc1cc(OC)c(OC)c(OC)c1. The number of methoxy groups -OCH3 is 3. The molecule has 0 aliphatic rings. The number of nitrogens with one attached hydrogen (secondary N) is 3. The van der Waals surface area contributed by atoms with E-state index in [1.165, 1.54) is 21.3 Å². The van der Waals surface area contributed by atoms with E-state index in [0.717, 1.165) is 0 Å². The Morgan fingerprint density at radius 1 is 1.00 bits per heavy atom. The van der Waals surface area contributed by atoms with Crippen molar-refractivity contribution in [2.75, 3.05) is 40.2 Å². The number of anilines is 1. The van der Waals surface area contributed by atoms with Gasteiger partial charge in [-0.15, -0.1) is 0 Å². The fraction of sp³-hybridized carbons (Fsp3) is 0.238. The summed E-state index contributed by atoms with van der Waals surface area (Å²) < 4.78 is 15.8. The fourth-order valence-electron chi connectivity index (χ4n) is 2.52. The van der Waals surface area contributed by atoms with Crippen LogP contribution in [0.4, 0.5) is 10.5 Å². The van der Waals surface area contributed by atoms with Crippen molar-refractivity contribution >= 4 is 17.6 Å². The first-order valence-electron chi connectivity index (χ1n) is 8.68. The van der Waals surface area contributed by atoms with Crippen LogP contribution in [0, 0.1) is 11.8 Å². The van der Waals surface area contributed by atoms with Gasteiger partial charge in [-0.05, 0) is 12.1 Å². The van der Waals surface area contributed by atoms with Crippen LogP contribution in [0.25, 0.3) is 0 Å². The third kappa shape index (κ3) is 5.56. The van der Waals surface area contributed by atoms with E-state index >= 15 is 0 Å². The zero-order chi connectivity index (χ0) is 21.2. The van der Waals surface area contributed by atoms with Crippen molar-refractivity contribution < 1.29 is 23.8 Å². The molecule has 3 N–H and O–H groups in total. The van der Waals surface area contributed by atoms with E-state index in [4.69, 9.17) is 14.2 Å². The number of carbonyl (C=O) groups excluding carboxylic acids is 2. The molecule has 2 rings (SSSR count). The van der Waals surface area contributed by atoms with Crippen LogP contribution in [-0.4, -0.2) is 46.9 Å². The van der Waals surface area contributed by atoms with Gasteiger partial charge in [0.1, 0.15) is 0 Å². The molecule has 3 amide bonds. The van der Waals surface area contributed by atoms with Gasteiger partial charge >= 0.3 is 6.03 Å². The normalized spacial score (nSPS) is 9.52. The summed E-state index contributed by atoms with van der Waals surface area (Å²) in [4.78, 5) is 24.0. The van der Waals surface area contributed by atoms with Crippen LogP contribution in [0.3, 0.4) is 0 Å². The molecule has 0 fully saturated rings. The van der Waals surface area contributed by atoms with E-state index in [9.17, 15) is 9.59 Å². The molecular weight excluding hydrogens is 374 g/mol. The standard InChI is InChI=1S/C21H23N3O5/c1-22-20(25)16-10-6-5-8-14(16)9-7-11-23-21(26)24-15-12-17(27-2)19(29-4)18(13-15)28-3/h5-6,8,10,12-13H,11H2,1-4H3,(H,22,25)(H2,23,24,26). The highest BCUT2D eigenvalue weighted by atomic mass is 16.5. The molecule has 0 bridgehead atoms. The number of benzene rings is 2. The van der Waals surface area contributed by atoms with E-state index in [1.54, 1.807) is 43.4 Å². The van der Waals surface area contributed by atoms with Crippen molar-refractivity contribution in [1.82, 2.24) is 10.6 Å². The van der Waals surface area contributed by atoms with E-state index in [-0.39, 0.29) is 12.5 Å². The van der Waals surface area contributed by atoms with Crippen molar-refractivity contribution in [3.63, 3.8) is 0 Å². The monoisotopic (exact) mass is 397 g/mol. The van der Waals surface area contributed by atoms with Crippen LogP contribution in [0.15, 0.2) is 36.4 Å². The first-order valence-corrected chi connectivity index (χ1v) is 8.68. The summed E-state index contributed by atoms with van der Waals surface area (Å²) in [5.74, 6) is 6.78. The molecule has 0 atom stereocenters. The van der Waals surface area contributed by atoms with Crippen molar-refractivity contribution in [2.24, 2.45) is 0 Å². The Morgan fingerprint density at radius 2 is 1.66 bits per heavy atom. The van der Waals surface area contributed by atoms with Gasteiger partial charge in [0, 0.05) is 24.7 Å². The van der Waals surface area contributed by atoms with Crippen LogP contribution in [0.2, 0.25) is 0 Å². The predicted molar refractivity (Wildman–Crippen MR) is 110 cm³/mol. The first-order chi connectivity index (χ1) is 14.0. The molecule has 0 radical (unpaired) electrons. The van der Waals surface area contributed by atoms with Gasteiger partial charge < -0.3 is 30.2 Å². The molecule has 152 valence electrons.